The Bertz CT molecular complexity index is 2850. The van der Waals surface area contributed by atoms with Crippen LogP contribution in [0, 0.1) is 0 Å². The summed E-state index contributed by atoms with van der Waals surface area (Å²) in [4.78, 5) is 20.4. The van der Waals surface area contributed by atoms with E-state index in [4.69, 9.17) is 19.9 Å². The Balaban J connectivity index is 1.02. The Morgan fingerprint density at radius 2 is 1.21 bits per heavy atom. The predicted molar refractivity (Wildman–Crippen MR) is 216 cm³/mol. The molecule has 53 heavy (non-hydrogen) atoms. The predicted octanol–water partition coefficient (Wildman–Crippen LogP) is 11.6. The van der Waals surface area contributed by atoms with Crippen molar-refractivity contribution < 1.29 is 0 Å². The summed E-state index contributed by atoms with van der Waals surface area (Å²) >= 11 is 0. The molecule has 1 aliphatic carbocycles. The highest BCUT2D eigenvalue weighted by molar-refractivity contribution is 6.09. The first kappa shape index (κ1) is 30.8. The number of rotatable bonds is 6. The topological polar surface area (TPSA) is 56.0 Å². The van der Waals surface area contributed by atoms with Gasteiger partial charge in [-0.2, -0.15) is 0 Å². The summed E-state index contributed by atoms with van der Waals surface area (Å²) in [6.45, 7) is 0. The minimum Gasteiger partial charge on any atom is -0.284 e. The van der Waals surface area contributed by atoms with Gasteiger partial charge in [0, 0.05) is 39.6 Å². The van der Waals surface area contributed by atoms with Crippen LogP contribution in [0.3, 0.4) is 0 Å². The zero-order chi connectivity index (χ0) is 35.1. The van der Waals surface area contributed by atoms with E-state index in [0.717, 1.165) is 78.9 Å². The second kappa shape index (κ2) is 13.0. The third-order valence-corrected chi connectivity index (χ3v) is 10.2. The first-order chi connectivity index (χ1) is 26.2. The van der Waals surface area contributed by atoms with E-state index in [2.05, 4.69) is 138 Å². The van der Waals surface area contributed by atoms with Crippen molar-refractivity contribution in [2.75, 3.05) is 0 Å². The van der Waals surface area contributed by atoms with Crippen molar-refractivity contribution >= 4 is 33.2 Å². The lowest BCUT2D eigenvalue weighted by atomic mass is 9.87. The van der Waals surface area contributed by atoms with Crippen LogP contribution in [0.2, 0.25) is 0 Å². The minimum atomic E-state index is 0.204. The van der Waals surface area contributed by atoms with E-state index in [9.17, 15) is 0 Å². The van der Waals surface area contributed by atoms with Crippen LogP contribution in [0.4, 0.5) is 0 Å². The van der Waals surface area contributed by atoms with Crippen LogP contribution >= 0.6 is 0 Å². The third-order valence-electron chi connectivity index (χ3n) is 10.2. The van der Waals surface area contributed by atoms with Gasteiger partial charge in [0.15, 0.2) is 11.5 Å². The average molecular weight is 680 g/mol. The molecule has 5 heteroatoms. The molecular weight excluding hydrogens is 647 g/mol. The van der Waals surface area contributed by atoms with Crippen LogP contribution in [-0.4, -0.2) is 24.3 Å². The fourth-order valence-corrected chi connectivity index (χ4v) is 7.47. The third kappa shape index (κ3) is 5.69. The van der Waals surface area contributed by atoms with Gasteiger partial charge in [-0.15, -0.1) is 0 Å². The molecule has 9 aromatic rings. The Labute approximate surface area is 307 Å². The largest absolute Gasteiger partial charge is 0.284 e. The maximum atomic E-state index is 5.21. The number of pyridine rings is 2. The van der Waals surface area contributed by atoms with E-state index in [1.54, 1.807) is 0 Å². The van der Waals surface area contributed by atoms with Crippen LogP contribution in [-0.2, 0) is 0 Å². The molecule has 5 nitrogen and oxygen atoms in total. The van der Waals surface area contributed by atoms with E-state index in [1.165, 1.54) is 11.1 Å². The average Bonchev–Trinajstić information content (AvgIpc) is 3.63. The van der Waals surface area contributed by atoms with E-state index in [0.29, 0.717) is 5.82 Å². The van der Waals surface area contributed by atoms with Gasteiger partial charge >= 0.3 is 0 Å². The van der Waals surface area contributed by atoms with E-state index in [-0.39, 0.29) is 5.92 Å². The van der Waals surface area contributed by atoms with Crippen molar-refractivity contribution in [3.8, 4) is 45.0 Å². The van der Waals surface area contributed by atoms with E-state index >= 15 is 0 Å². The normalized spacial score (nSPS) is 14.2. The number of fused-ring (bicyclic) bond motifs is 5. The quantitative estimate of drug-likeness (QED) is 0.175. The van der Waals surface area contributed by atoms with Crippen LogP contribution in [0.5, 0.6) is 0 Å². The van der Waals surface area contributed by atoms with Crippen molar-refractivity contribution in [2.24, 2.45) is 0 Å². The first-order valence-electron chi connectivity index (χ1n) is 18.0. The van der Waals surface area contributed by atoms with Crippen LogP contribution in [0.25, 0.3) is 78.2 Å². The highest BCUT2D eigenvalue weighted by Gasteiger charge is 2.19. The van der Waals surface area contributed by atoms with Gasteiger partial charge < -0.3 is 0 Å². The van der Waals surface area contributed by atoms with Gasteiger partial charge in [0.25, 0.3) is 0 Å². The molecule has 0 fully saturated rings. The summed E-state index contributed by atoms with van der Waals surface area (Å²) in [5.41, 5.74) is 13.3. The zero-order valence-corrected chi connectivity index (χ0v) is 28.8. The summed E-state index contributed by atoms with van der Waals surface area (Å²) < 4.78 is 2.07. The molecule has 0 amide bonds. The monoisotopic (exact) mass is 679 g/mol. The minimum absolute atomic E-state index is 0.204. The lowest BCUT2D eigenvalue weighted by Gasteiger charge is -2.18. The molecule has 4 aromatic heterocycles. The fraction of sp³-hybridized carbons (Fsp3) is 0.0417. The van der Waals surface area contributed by atoms with E-state index < -0.39 is 0 Å². The molecule has 1 atom stereocenters. The van der Waals surface area contributed by atoms with Crippen molar-refractivity contribution in [2.45, 2.75) is 12.3 Å². The van der Waals surface area contributed by atoms with Crippen LogP contribution in [0.1, 0.15) is 23.6 Å². The molecule has 0 saturated heterocycles. The maximum Gasteiger partial charge on any atom is 0.165 e. The van der Waals surface area contributed by atoms with Gasteiger partial charge in [0.2, 0.25) is 0 Å². The van der Waals surface area contributed by atoms with Crippen molar-refractivity contribution in [3.63, 3.8) is 0 Å². The van der Waals surface area contributed by atoms with Gasteiger partial charge in [-0.3, -0.25) is 4.40 Å². The maximum absolute atomic E-state index is 5.21. The fourth-order valence-electron chi connectivity index (χ4n) is 7.47. The SMILES string of the molecule is C1=CC(c2cc(-c3cccc(-c4ccccc4)c3)nc(-c3ccccc3)n2)=CC(c2ccc(-c3nc4c(nc5ccccn54)c4ccccc34)cc2)C1. The molecule has 5 aromatic carbocycles. The van der Waals surface area contributed by atoms with Crippen LogP contribution < -0.4 is 0 Å². The second-order valence-electron chi connectivity index (χ2n) is 13.5. The number of nitrogens with zero attached hydrogens (tertiary/aromatic N) is 5. The Hall–Kier alpha value is -6.98. The van der Waals surface area contributed by atoms with Crippen molar-refractivity contribution in [3.05, 3.63) is 193 Å². The number of allylic oxidation sites excluding steroid dienone is 4. The summed E-state index contributed by atoms with van der Waals surface area (Å²) in [5, 5.41) is 2.21. The Kier molecular flexibility index (Phi) is 7.54. The molecule has 0 saturated carbocycles. The van der Waals surface area contributed by atoms with Crippen molar-refractivity contribution in [1.82, 2.24) is 24.3 Å². The summed E-state index contributed by atoms with van der Waals surface area (Å²) in [6.07, 6.45) is 9.77. The molecule has 10 rings (SSSR count). The lowest BCUT2D eigenvalue weighted by molar-refractivity contribution is 0.856. The second-order valence-corrected chi connectivity index (χ2v) is 13.5. The molecule has 0 spiro atoms. The van der Waals surface area contributed by atoms with Gasteiger partial charge in [-0.25, -0.2) is 19.9 Å². The Morgan fingerprint density at radius 1 is 0.509 bits per heavy atom. The van der Waals surface area contributed by atoms with Gasteiger partial charge in [-0.1, -0.05) is 152 Å². The van der Waals surface area contributed by atoms with Gasteiger partial charge in [0.05, 0.1) is 17.1 Å². The molecule has 250 valence electrons. The number of hydrogen-bond acceptors (Lipinski definition) is 4. The lowest BCUT2D eigenvalue weighted by Crippen LogP contribution is -2.03. The highest BCUT2D eigenvalue weighted by atomic mass is 15.1. The molecule has 4 heterocycles. The summed E-state index contributed by atoms with van der Waals surface area (Å²) in [7, 11) is 0. The van der Waals surface area contributed by atoms with E-state index in [1.807, 2.05) is 48.7 Å². The highest BCUT2D eigenvalue weighted by Crippen LogP contribution is 2.37. The molecule has 0 N–H and O–H groups in total. The zero-order valence-electron chi connectivity index (χ0n) is 28.8. The smallest absolute Gasteiger partial charge is 0.165 e. The molecule has 1 aliphatic rings. The standard InChI is InChI=1S/C48H33N5/c1-3-13-32(14-4-1)36-17-11-19-38(29-36)42-31-43(50-47(49-42)35-15-5-2-6-16-35)39-20-12-18-37(30-39)33-24-26-34(27-25-33)45-40-21-7-8-22-41(40)46-48(52-45)53-28-10-9-23-44(53)51-46/h1-17,19-31,37H,18H2. The van der Waals surface area contributed by atoms with Gasteiger partial charge in [-0.05, 0) is 52.9 Å². The number of benzene rings is 5. The first-order valence-corrected chi connectivity index (χ1v) is 18.0. The van der Waals surface area contributed by atoms with Crippen molar-refractivity contribution in [1.29, 1.82) is 0 Å². The number of aromatic nitrogens is 5. The summed E-state index contributed by atoms with van der Waals surface area (Å²) in [5.74, 6) is 0.918. The summed E-state index contributed by atoms with van der Waals surface area (Å²) in [6, 6.07) is 54.9. The van der Waals surface area contributed by atoms with Gasteiger partial charge in [0.1, 0.15) is 11.2 Å². The molecule has 0 radical (unpaired) electrons. The number of imidazole rings is 1. The number of hydrogen-bond donors (Lipinski definition) is 0. The molecular formula is C48H33N5. The van der Waals surface area contributed by atoms with Crippen LogP contribution in [0.15, 0.2) is 182 Å². The molecule has 0 bridgehead atoms. The molecule has 1 unspecified atom stereocenters. The molecule has 0 aliphatic heterocycles. The Morgan fingerprint density at radius 3 is 2.04 bits per heavy atom.